The Morgan fingerprint density at radius 2 is 1.83 bits per heavy atom. The van der Waals surface area contributed by atoms with Crippen molar-refractivity contribution < 1.29 is 24.2 Å². The van der Waals surface area contributed by atoms with Gasteiger partial charge in [-0.25, -0.2) is 0 Å². The fourth-order valence-electron chi connectivity index (χ4n) is 3.20. The van der Waals surface area contributed by atoms with Crippen LogP contribution in [0.25, 0.3) is 0 Å². The van der Waals surface area contributed by atoms with E-state index in [1.54, 1.807) is 19.1 Å². The van der Waals surface area contributed by atoms with Crippen LogP contribution in [-0.2, 0) is 19.1 Å². The molecule has 1 heterocycles. The predicted molar refractivity (Wildman–Crippen MR) is 110 cm³/mol. The number of carboxylic acids is 1. The molecule has 0 fully saturated rings. The summed E-state index contributed by atoms with van der Waals surface area (Å²) < 4.78 is 4.97. The number of benzene rings is 2. The number of carbonyl (C=O) groups excluding carboxylic acids is 2. The third kappa shape index (κ3) is 4.96. The second-order valence-electron chi connectivity index (χ2n) is 6.40. The maximum absolute atomic E-state index is 13.4. The highest BCUT2D eigenvalue weighted by atomic mass is 32.2. The van der Waals surface area contributed by atoms with Crippen molar-refractivity contribution in [3.63, 3.8) is 0 Å². The minimum atomic E-state index is -1.11. The molecule has 1 aliphatic rings. The lowest BCUT2D eigenvalue weighted by molar-refractivity contribution is -0.142. The van der Waals surface area contributed by atoms with Gasteiger partial charge in [-0.3, -0.25) is 24.6 Å². The molecule has 0 aliphatic carbocycles. The molecule has 2 aromatic rings. The van der Waals surface area contributed by atoms with E-state index in [1.807, 2.05) is 42.5 Å². The molecule has 2 aromatic carbocycles. The number of nitrogens with zero attached hydrogens (tertiary/aromatic N) is 1. The molecule has 0 radical (unpaired) electrons. The lowest BCUT2D eigenvalue weighted by Gasteiger charge is -2.27. The van der Waals surface area contributed by atoms with E-state index in [2.05, 4.69) is 5.32 Å². The number of amides is 1. The molecule has 0 spiro atoms. The number of aliphatic carboxylic acids is 1. The van der Waals surface area contributed by atoms with E-state index >= 15 is 0 Å². The van der Waals surface area contributed by atoms with Gasteiger partial charge in [0.2, 0.25) is 5.91 Å². The molecule has 0 saturated heterocycles. The number of hydrogen-bond acceptors (Lipinski definition) is 6. The first-order valence-electron chi connectivity index (χ1n) is 9.24. The topological polar surface area (TPSA) is 95.9 Å². The van der Waals surface area contributed by atoms with Gasteiger partial charge in [0.05, 0.1) is 24.1 Å². The normalized spacial score (nSPS) is 18.7. The van der Waals surface area contributed by atoms with Gasteiger partial charge in [0, 0.05) is 4.90 Å². The first kappa shape index (κ1) is 20.9. The molecular formula is C21H22N2O5S. The highest BCUT2D eigenvalue weighted by Gasteiger charge is 2.39. The number of ether oxygens (including phenoxy) is 1. The Balaban J connectivity index is 2.02. The van der Waals surface area contributed by atoms with E-state index in [9.17, 15) is 19.5 Å². The summed E-state index contributed by atoms with van der Waals surface area (Å²) in [6.45, 7) is 1.34. The summed E-state index contributed by atoms with van der Waals surface area (Å²) >= 11 is 1.47. The maximum atomic E-state index is 13.4. The molecule has 29 heavy (non-hydrogen) atoms. The first-order valence-corrected chi connectivity index (χ1v) is 10.1. The average Bonchev–Trinajstić information content (AvgIpc) is 2.82. The number of fused-ring (bicyclic) bond motifs is 1. The van der Waals surface area contributed by atoms with Gasteiger partial charge >= 0.3 is 11.9 Å². The van der Waals surface area contributed by atoms with Gasteiger partial charge in [-0.2, -0.15) is 0 Å². The molecule has 1 aliphatic heterocycles. The molecule has 2 unspecified atom stereocenters. The predicted octanol–water partition coefficient (Wildman–Crippen LogP) is 2.47. The molecule has 3 rings (SSSR count). The van der Waals surface area contributed by atoms with Gasteiger partial charge in [0.15, 0.2) is 0 Å². The minimum Gasteiger partial charge on any atom is -0.480 e. The van der Waals surface area contributed by atoms with Crippen LogP contribution in [0.4, 0.5) is 5.69 Å². The summed E-state index contributed by atoms with van der Waals surface area (Å²) in [4.78, 5) is 38.8. The van der Waals surface area contributed by atoms with Crippen LogP contribution >= 0.6 is 11.8 Å². The zero-order valence-corrected chi connectivity index (χ0v) is 16.7. The minimum absolute atomic E-state index is 0.147. The van der Waals surface area contributed by atoms with Crippen LogP contribution in [-0.4, -0.2) is 48.7 Å². The molecule has 152 valence electrons. The molecule has 2 N–H and O–H groups in total. The van der Waals surface area contributed by atoms with E-state index in [-0.39, 0.29) is 18.4 Å². The van der Waals surface area contributed by atoms with Crippen molar-refractivity contribution in [1.29, 1.82) is 0 Å². The molecule has 1 amide bonds. The summed E-state index contributed by atoms with van der Waals surface area (Å²) in [7, 11) is 0. The number of anilines is 1. The Morgan fingerprint density at radius 3 is 2.52 bits per heavy atom. The van der Waals surface area contributed by atoms with Gasteiger partial charge in [-0.1, -0.05) is 42.5 Å². The van der Waals surface area contributed by atoms with Crippen molar-refractivity contribution >= 4 is 35.3 Å². The van der Waals surface area contributed by atoms with Crippen molar-refractivity contribution in [2.75, 3.05) is 24.6 Å². The Hall–Kier alpha value is -2.84. The number of carbonyl (C=O) groups is 3. The van der Waals surface area contributed by atoms with Crippen molar-refractivity contribution in [3.8, 4) is 0 Å². The van der Waals surface area contributed by atoms with Crippen LogP contribution in [0.15, 0.2) is 59.5 Å². The zero-order chi connectivity index (χ0) is 20.8. The number of nitrogens with one attached hydrogen (secondary N) is 1. The Bertz CT molecular complexity index is 890. The Kier molecular flexibility index (Phi) is 6.90. The zero-order valence-electron chi connectivity index (χ0n) is 15.9. The summed E-state index contributed by atoms with van der Waals surface area (Å²) in [6, 6.07) is 15.9. The van der Waals surface area contributed by atoms with Gasteiger partial charge in [-0.05, 0) is 24.6 Å². The Morgan fingerprint density at radius 1 is 1.14 bits per heavy atom. The maximum Gasteiger partial charge on any atom is 0.323 e. The third-order valence-electron chi connectivity index (χ3n) is 4.44. The molecule has 0 aromatic heterocycles. The molecule has 8 heteroatoms. The summed E-state index contributed by atoms with van der Waals surface area (Å²) in [5, 5.41) is 12.0. The molecule has 0 saturated carbocycles. The lowest BCUT2D eigenvalue weighted by atomic mass is 10.0. The Labute approximate surface area is 173 Å². The quantitative estimate of drug-likeness (QED) is 0.672. The fourth-order valence-corrected chi connectivity index (χ4v) is 4.57. The van der Waals surface area contributed by atoms with Crippen molar-refractivity contribution in [1.82, 2.24) is 5.32 Å². The van der Waals surface area contributed by atoms with Crippen LogP contribution in [0.2, 0.25) is 0 Å². The van der Waals surface area contributed by atoms with Crippen molar-refractivity contribution in [2.45, 2.75) is 23.1 Å². The number of thioether (sulfide) groups is 1. The van der Waals surface area contributed by atoms with E-state index < -0.39 is 30.4 Å². The average molecular weight is 414 g/mol. The number of esters is 1. The highest BCUT2D eigenvalue weighted by molar-refractivity contribution is 7.99. The third-order valence-corrected chi connectivity index (χ3v) is 5.84. The van der Waals surface area contributed by atoms with Gasteiger partial charge in [0.25, 0.3) is 0 Å². The number of hydrogen-bond donors (Lipinski definition) is 2. The van der Waals surface area contributed by atoms with E-state index in [4.69, 9.17) is 4.74 Å². The standard InChI is InChI=1S/C21H22N2O5S/c1-2-28-18(26)12-22-19-20(14-8-4-3-5-9-14)29-16-11-7-6-10-15(16)23(21(19)27)13-17(24)25/h3-11,19-20,22H,2,12-13H2,1H3,(H,24,25). The largest absolute Gasteiger partial charge is 0.480 e. The van der Waals surface area contributed by atoms with E-state index in [0.717, 1.165) is 10.5 Å². The monoisotopic (exact) mass is 414 g/mol. The van der Waals surface area contributed by atoms with E-state index in [0.29, 0.717) is 5.69 Å². The second-order valence-corrected chi connectivity index (χ2v) is 7.58. The SMILES string of the molecule is CCOC(=O)CNC1C(=O)N(CC(=O)O)c2ccccc2SC1c1ccccc1. The van der Waals surface area contributed by atoms with Gasteiger partial charge in [-0.15, -0.1) is 11.8 Å². The van der Waals surface area contributed by atoms with Gasteiger partial charge in [0.1, 0.15) is 12.6 Å². The molecule has 2 atom stereocenters. The van der Waals surface area contributed by atoms with Crippen LogP contribution in [0.3, 0.4) is 0 Å². The lowest BCUT2D eigenvalue weighted by Crippen LogP contribution is -2.51. The molecular weight excluding hydrogens is 392 g/mol. The first-order chi connectivity index (χ1) is 14.0. The van der Waals surface area contributed by atoms with Gasteiger partial charge < -0.3 is 9.84 Å². The number of carboxylic acid groups (broad SMARTS) is 1. The van der Waals surface area contributed by atoms with Crippen LogP contribution in [0.5, 0.6) is 0 Å². The van der Waals surface area contributed by atoms with Crippen molar-refractivity contribution in [3.05, 3.63) is 60.2 Å². The van der Waals surface area contributed by atoms with Crippen molar-refractivity contribution in [2.24, 2.45) is 0 Å². The second kappa shape index (κ2) is 9.58. The summed E-state index contributed by atoms with van der Waals surface area (Å²) in [6.07, 6.45) is 0. The molecule has 0 bridgehead atoms. The van der Waals surface area contributed by atoms with Crippen LogP contribution in [0, 0.1) is 0 Å². The van der Waals surface area contributed by atoms with Crippen LogP contribution in [0.1, 0.15) is 17.7 Å². The smallest absolute Gasteiger partial charge is 0.323 e. The van der Waals surface area contributed by atoms with Crippen LogP contribution < -0.4 is 10.2 Å². The fraction of sp³-hybridized carbons (Fsp3) is 0.286. The summed E-state index contributed by atoms with van der Waals surface area (Å²) in [5.41, 5.74) is 1.45. The highest BCUT2D eigenvalue weighted by Crippen LogP contribution is 2.45. The van der Waals surface area contributed by atoms with E-state index in [1.165, 1.54) is 16.7 Å². The number of para-hydroxylation sites is 1. The number of rotatable bonds is 7. The molecule has 7 nitrogen and oxygen atoms in total. The summed E-state index contributed by atoms with van der Waals surface area (Å²) in [5.74, 6) is -1.98.